The zero-order chi connectivity index (χ0) is 16.3. The van der Waals surface area contributed by atoms with Crippen molar-refractivity contribution in [2.75, 3.05) is 37.7 Å². The Morgan fingerprint density at radius 1 is 1.39 bits per heavy atom. The number of anilines is 1. The molecule has 0 radical (unpaired) electrons. The lowest BCUT2D eigenvalue weighted by Crippen LogP contribution is -2.62. The molecule has 1 aromatic rings. The van der Waals surface area contributed by atoms with E-state index in [4.69, 9.17) is 4.74 Å². The fourth-order valence-corrected chi connectivity index (χ4v) is 3.46. The van der Waals surface area contributed by atoms with E-state index in [0.29, 0.717) is 19.7 Å². The highest BCUT2D eigenvalue weighted by Crippen LogP contribution is 2.31. The average Bonchev–Trinajstić information content (AvgIpc) is 2.55. The van der Waals surface area contributed by atoms with Crippen LogP contribution in [-0.4, -0.2) is 60.3 Å². The summed E-state index contributed by atoms with van der Waals surface area (Å²) in [7, 11) is 0. The van der Waals surface area contributed by atoms with Crippen molar-refractivity contribution >= 4 is 11.7 Å². The number of aromatic nitrogens is 1. The molecule has 2 aliphatic heterocycles. The highest BCUT2D eigenvalue weighted by molar-refractivity contribution is 5.74. The van der Waals surface area contributed by atoms with E-state index in [1.54, 1.807) is 6.20 Å². The first-order valence-corrected chi connectivity index (χ1v) is 8.42. The minimum atomic E-state index is -0.263. The molecule has 1 atom stereocenters. The third-order valence-corrected chi connectivity index (χ3v) is 4.50. The fourth-order valence-electron chi connectivity index (χ4n) is 3.46. The minimum absolute atomic E-state index is 0.0150. The number of morpholine rings is 1. The summed E-state index contributed by atoms with van der Waals surface area (Å²) in [5, 5.41) is 2.99. The maximum Gasteiger partial charge on any atom is 0.317 e. The smallest absolute Gasteiger partial charge is 0.317 e. The molecule has 1 spiro atoms. The minimum Gasteiger partial charge on any atom is -0.369 e. The summed E-state index contributed by atoms with van der Waals surface area (Å²) < 4.78 is 6.16. The summed E-state index contributed by atoms with van der Waals surface area (Å²) in [6.45, 7) is 7.71. The summed E-state index contributed by atoms with van der Waals surface area (Å²) in [6.07, 6.45) is 5.74. The van der Waals surface area contributed by atoms with Crippen LogP contribution in [0, 0.1) is 0 Å². The Morgan fingerprint density at radius 3 is 3.00 bits per heavy atom. The standard InChI is InChI=1S/C17H26N4O2/c1-14(2)19-16(22)21-9-10-23-17(13-21)6-4-8-20(12-17)15-5-3-7-18-11-15/h3,5,7,11,14H,4,6,8-10,12-13H2,1-2H3,(H,19,22)/t17-/m0/s1. The van der Waals surface area contributed by atoms with Gasteiger partial charge in [0.15, 0.2) is 0 Å². The fraction of sp³-hybridized carbons (Fsp3) is 0.647. The van der Waals surface area contributed by atoms with Crippen molar-refractivity contribution in [2.45, 2.75) is 38.3 Å². The predicted molar refractivity (Wildman–Crippen MR) is 89.6 cm³/mol. The second-order valence-electron chi connectivity index (χ2n) is 6.79. The molecule has 6 nitrogen and oxygen atoms in total. The number of hydrogen-bond donors (Lipinski definition) is 1. The first-order chi connectivity index (χ1) is 11.1. The van der Waals surface area contributed by atoms with Gasteiger partial charge in [0.1, 0.15) is 5.60 Å². The van der Waals surface area contributed by atoms with Gasteiger partial charge < -0.3 is 19.9 Å². The average molecular weight is 318 g/mol. The van der Waals surface area contributed by atoms with Gasteiger partial charge in [-0.25, -0.2) is 4.79 Å². The van der Waals surface area contributed by atoms with Crippen LogP contribution in [0.4, 0.5) is 10.5 Å². The van der Waals surface area contributed by atoms with E-state index in [1.165, 1.54) is 0 Å². The van der Waals surface area contributed by atoms with Crippen molar-refractivity contribution in [2.24, 2.45) is 0 Å². The SMILES string of the molecule is CC(C)NC(=O)N1CCO[C@]2(CCCN(c3cccnc3)C2)C1. The van der Waals surface area contributed by atoms with E-state index in [1.807, 2.05) is 31.0 Å². The number of nitrogens with zero attached hydrogens (tertiary/aromatic N) is 3. The highest BCUT2D eigenvalue weighted by Gasteiger charge is 2.42. The van der Waals surface area contributed by atoms with Crippen LogP contribution < -0.4 is 10.2 Å². The number of amides is 2. The quantitative estimate of drug-likeness (QED) is 0.904. The van der Waals surface area contributed by atoms with E-state index in [0.717, 1.165) is 31.6 Å². The van der Waals surface area contributed by atoms with Crippen LogP contribution in [0.5, 0.6) is 0 Å². The van der Waals surface area contributed by atoms with Gasteiger partial charge >= 0.3 is 6.03 Å². The molecule has 3 rings (SSSR count). The van der Waals surface area contributed by atoms with Crippen LogP contribution in [0.2, 0.25) is 0 Å². The Kier molecular flexibility index (Phi) is 4.71. The summed E-state index contributed by atoms with van der Waals surface area (Å²) in [4.78, 5) is 20.8. The van der Waals surface area contributed by atoms with E-state index >= 15 is 0 Å². The van der Waals surface area contributed by atoms with Gasteiger partial charge in [0.2, 0.25) is 0 Å². The Balaban J connectivity index is 1.69. The number of pyridine rings is 1. The summed E-state index contributed by atoms with van der Waals surface area (Å²) in [5.74, 6) is 0. The van der Waals surface area contributed by atoms with Crippen molar-refractivity contribution in [3.05, 3.63) is 24.5 Å². The van der Waals surface area contributed by atoms with Crippen LogP contribution in [0.15, 0.2) is 24.5 Å². The predicted octanol–water partition coefficient (Wildman–Crippen LogP) is 1.87. The topological polar surface area (TPSA) is 57.7 Å². The van der Waals surface area contributed by atoms with Gasteiger partial charge in [0, 0.05) is 31.9 Å². The Morgan fingerprint density at radius 2 is 2.26 bits per heavy atom. The Hall–Kier alpha value is -1.82. The molecule has 1 aromatic heterocycles. The molecule has 126 valence electrons. The molecule has 2 fully saturated rings. The number of nitrogens with one attached hydrogen (secondary N) is 1. The zero-order valence-corrected chi connectivity index (χ0v) is 14.0. The first kappa shape index (κ1) is 16.1. The molecule has 3 heterocycles. The van der Waals surface area contributed by atoms with Crippen molar-refractivity contribution in [3.8, 4) is 0 Å². The number of piperidine rings is 1. The van der Waals surface area contributed by atoms with Gasteiger partial charge in [0.05, 0.1) is 25.0 Å². The molecule has 0 aromatic carbocycles. The molecule has 2 amide bonds. The van der Waals surface area contributed by atoms with Crippen LogP contribution in [0.1, 0.15) is 26.7 Å². The molecule has 2 aliphatic rings. The number of carbonyl (C=O) groups is 1. The summed E-state index contributed by atoms with van der Waals surface area (Å²) in [6, 6.07) is 4.21. The van der Waals surface area contributed by atoms with E-state index in [2.05, 4.69) is 21.3 Å². The summed E-state index contributed by atoms with van der Waals surface area (Å²) in [5.41, 5.74) is 0.861. The lowest BCUT2D eigenvalue weighted by atomic mass is 9.90. The molecule has 23 heavy (non-hydrogen) atoms. The second kappa shape index (κ2) is 6.74. The molecular weight excluding hydrogens is 292 g/mol. The van der Waals surface area contributed by atoms with Crippen molar-refractivity contribution < 1.29 is 9.53 Å². The van der Waals surface area contributed by atoms with Gasteiger partial charge in [-0.15, -0.1) is 0 Å². The Labute approximate surface area is 137 Å². The molecule has 0 aliphatic carbocycles. The Bertz CT molecular complexity index is 533. The van der Waals surface area contributed by atoms with Crippen molar-refractivity contribution in [3.63, 3.8) is 0 Å². The molecule has 0 saturated carbocycles. The number of ether oxygens (including phenoxy) is 1. The van der Waals surface area contributed by atoms with Gasteiger partial charge in [-0.1, -0.05) is 0 Å². The van der Waals surface area contributed by atoms with Crippen LogP contribution in [0.25, 0.3) is 0 Å². The molecule has 2 saturated heterocycles. The van der Waals surface area contributed by atoms with Crippen LogP contribution >= 0.6 is 0 Å². The number of urea groups is 1. The van der Waals surface area contributed by atoms with E-state index in [-0.39, 0.29) is 17.7 Å². The lowest BCUT2D eigenvalue weighted by molar-refractivity contribution is -0.103. The van der Waals surface area contributed by atoms with Crippen molar-refractivity contribution in [1.29, 1.82) is 0 Å². The third-order valence-electron chi connectivity index (χ3n) is 4.50. The largest absolute Gasteiger partial charge is 0.369 e. The molecule has 1 N–H and O–H groups in total. The molecule has 0 bridgehead atoms. The van der Waals surface area contributed by atoms with Crippen LogP contribution in [-0.2, 0) is 4.74 Å². The molecule has 6 heteroatoms. The maximum atomic E-state index is 12.3. The number of hydrogen-bond acceptors (Lipinski definition) is 4. The lowest BCUT2D eigenvalue weighted by Gasteiger charge is -2.48. The second-order valence-corrected chi connectivity index (χ2v) is 6.79. The first-order valence-electron chi connectivity index (χ1n) is 8.42. The van der Waals surface area contributed by atoms with Crippen molar-refractivity contribution in [1.82, 2.24) is 15.2 Å². The number of carbonyl (C=O) groups excluding carboxylic acids is 1. The normalized spacial score (nSPS) is 25.0. The molecule has 0 unspecified atom stereocenters. The third kappa shape index (κ3) is 3.75. The molecular formula is C17H26N4O2. The summed E-state index contributed by atoms with van der Waals surface area (Å²) >= 11 is 0. The van der Waals surface area contributed by atoms with Gasteiger partial charge in [-0.05, 0) is 38.8 Å². The number of rotatable bonds is 2. The van der Waals surface area contributed by atoms with E-state index < -0.39 is 0 Å². The van der Waals surface area contributed by atoms with Crippen LogP contribution in [0.3, 0.4) is 0 Å². The van der Waals surface area contributed by atoms with Gasteiger partial charge in [-0.3, -0.25) is 4.98 Å². The maximum absolute atomic E-state index is 12.3. The van der Waals surface area contributed by atoms with Gasteiger partial charge in [0.25, 0.3) is 0 Å². The highest BCUT2D eigenvalue weighted by atomic mass is 16.5. The zero-order valence-electron chi connectivity index (χ0n) is 14.0. The monoisotopic (exact) mass is 318 g/mol. The van der Waals surface area contributed by atoms with E-state index in [9.17, 15) is 4.79 Å². The van der Waals surface area contributed by atoms with Gasteiger partial charge in [-0.2, -0.15) is 0 Å².